The van der Waals surface area contributed by atoms with E-state index in [0.717, 1.165) is 12.1 Å². The van der Waals surface area contributed by atoms with Crippen LogP contribution in [-0.2, 0) is 0 Å². The first-order valence-electron chi connectivity index (χ1n) is 5.84. The van der Waals surface area contributed by atoms with Gasteiger partial charge in [-0.05, 0) is 10.8 Å². The van der Waals surface area contributed by atoms with Crippen molar-refractivity contribution in [3.8, 4) is 23.0 Å². The molecular formula is C14H6Na4O6. The zero-order chi connectivity index (χ0) is 14.6. The van der Waals surface area contributed by atoms with E-state index in [1.165, 1.54) is 0 Å². The van der Waals surface area contributed by atoms with Crippen molar-refractivity contribution in [3.05, 3.63) is 23.3 Å². The predicted octanol–water partition coefficient (Wildman–Crippen LogP) is -12.7. The monoisotopic (exact) mass is 362 g/mol. The van der Waals surface area contributed by atoms with Gasteiger partial charge in [-0.3, -0.25) is 9.59 Å². The van der Waals surface area contributed by atoms with Crippen molar-refractivity contribution in [2.75, 3.05) is 0 Å². The van der Waals surface area contributed by atoms with Crippen LogP contribution in [0.1, 0.15) is 33.6 Å². The predicted molar refractivity (Wildman–Crippen MR) is 59.6 cm³/mol. The van der Waals surface area contributed by atoms with Crippen LogP contribution in [0, 0.1) is 0 Å². The molecule has 0 aliphatic heterocycles. The van der Waals surface area contributed by atoms with Gasteiger partial charge in [0.15, 0.2) is 11.6 Å². The molecule has 1 aliphatic carbocycles. The molecule has 1 aliphatic rings. The second-order valence-electron chi connectivity index (χ2n) is 4.57. The molecule has 2 aromatic rings. The maximum atomic E-state index is 12.2. The first kappa shape index (κ1) is 27.5. The summed E-state index contributed by atoms with van der Waals surface area (Å²) in [5.74, 6) is -4.85. The molecule has 0 N–H and O–H groups in total. The minimum absolute atomic E-state index is 0. The number of carbonyl (C=O) groups is 2. The number of fused-ring (bicyclic) bond motifs is 2. The molecule has 0 bridgehead atoms. The Bertz CT molecular complexity index is 739. The second kappa shape index (κ2) is 10.5. The largest absolute Gasteiger partial charge is 1.00 e. The van der Waals surface area contributed by atoms with E-state index in [9.17, 15) is 30.0 Å². The van der Waals surface area contributed by atoms with E-state index in [2.05, 4.69) is 0 Å². The van der Waals surface area contributed by atoms with Gasteiger partial charge in [-0.25, -0.2) is 0 Å². The van der Waals surface area contributed by atoms with E-state index >= 15 is 0 Å². The van der Waals surface area contributed by atoms with Crippen LogP contribution < -0.4 is 139 Å². The molecule has 0 spiro atoms. The molecule has 24 heavy (non-hydrogen) atoms. The van der Waals surface area contributed by atoms with E-state index in [-0.39, 0.29) is 131 Å². The molecule has 0 saturated heterocycles. The smallest absolute Gasteiger partial charge is 0.872 e. The fourth-order valence-corrected chi connectivity index (χ4v) is 2.50. The zero-order valence-electron chi connectivity index (χ0n) is 14.0. The molecule has 0 saturated carbocycles. The number of hydrogen-bond acceptors (Lipinski definition) is 6. The molecule has 0 radical (unpaired) electrons. The maximum absolute atomic E-state index is 12.2. The third-order valence-corrected chi connectivity index (χ3v) is 3.42. The SMILES string of the molecule is O=C1CCC(=O)c2c1c([O-])c1c([O-])ccc([O-])c1c2[O-].[Na+].[Na+].[Na+].[Na+]. The molecule has 6 nitrogen and oxygen atoms in total. The summed E-state index contributed by atoms with van der Waals surface area (Å²) in [5, 5.41) is 46.6. The summed E-state index contributed by atoms with van der Waals surface area (Å²) in [7, 11) is 0. The summed E-state index contributed by atoms with van der Waals surface area (Å²) in [6, 6.07) is 1.76. The van der Waals surface area contributed by atoms with Crippen molar-refractivity contribution in [2.45, 2.75) is 12.8 Å². The molecule has 0 heterocycles. The summed E-state index contributed by atoms with van der Waals surface area (Å²) < 4.78 is 0. The van der Waals surface area contributed by atoms with Gasteiger partial charge >= 0.3 is 118 Å². The number of ketones is 2. The maximum Gasteiger partial charge on any atom is 1.00 e. The molecule has 0 fully saturated rings. The summed E-state index contributed by atoms with van der Waals surface area (Å²) >= 11 is 0. The number of rotatable bonds is 0. The Kier molecular flexibility index (Phi) is 12.1. The van der Waals surface area contributed by atoms with Gasteiger partial charge in [0.1, 0.15) is 0 Å². The van der Waals surface area contributed by atoms with Crippen LogP contribution >= 0.6 is 0 Å². The molecule has 0 unspecified atom stereocenters. The van der Waals surface area contributed by atoms with Crippen LogP contribution in [0.3, 0.4) is 0 Å². The van der Waals surface area contributed by atoms with E-state index in [0.29, 0.717) is 0 Å². The topological polar surface area (TPSA) is 126 Å². The summed E-state index contributed by atoms with van der Waals surface area (Å²) in [6.45, 7) is 0. The molecule has 0 amide bonds. The Labute approximate surface area is 226 Å². The van der Waals surface area contributed by atoms with Gasteiger partial charge in [0, 0.05) is 24.0 Å². The molecule has 0 aromatic heterocycles. The van der Waals surface area contributed by atoms with Crippen molar-refractivity contribution in [1.29, 1.82) is 0 Å². The second-order valence-corrected chi connectivity index (χ2v) is 4.57. The van der Waals surface area contributed by atoms with Gasteiger partial charge in [0.05, 0.1) is 0 Å². The molecule has 3 rings (SSSR count). The average molecular weight is 362 g/mol. The minimum atomic E-state index is -0.990. The summed E-state index contributed by atoms with van der Waals surface area (Å²) in [6.07, 6.45) is -0.339. The van der Waals surface area contributed by atoms with Crippen LogP contribution in [0.4, 0.5) is 0 Å². The Morgan fingerprint density at radius 3 is 1.21 bits per heavy atom. The van der Waals surface area contributed by atoms with Crippen molar-refractivity contribution >= 4 is 22.3 Å². The third-order valence-electron chi connectivity index (χ3n) is 3.42. The molecule has 2 aromatic carbocycles. The first-order valence-corrected chi connectivity index (χ1v) is 5.84. The van der Waals surface area contributed by atoms with Crippen LogP contribution in [-0.4, -0.2) is 11.6 Å². The Balaban J connectivity index is 0. The van der Waals surface area contributed by atoms with E-state index < -0.39 is 56.5 Å². The van der Waals surface area contributed by atoms with E-state index in [1.807, 2.05) is 0 Å². The third kappa shape index (κ3) is 4.38. The van der Waals surface area contributed by atoms with Crippen molar-refractivity contribution in [1.82, 2.24) is 0 Å². The molecule has 10 heteroatoms. The standard InChI is InChI=1S/C14H10O6.4Na/c15-5-1-2-6(16)10-9(5)13(19)11-7(17)3-4-8(18)12(11)14(10)20;;;;/h1-2,15-16,19-20H,3-4H2;;;;/q;4*+1/p-4. The number of carbonyl (C=O) groups excluding carboxylic acids is 2. The Morgan fingerprint density at radius 1 is 0.625 bits per heavy atom. The van der Waals surface area contributed by atoms with Crippen molar-refractivity contribution < 1.29 is 148 Å². The number of benzene rings is 2. The zero-order valence-corrected chi connectivity index (χ0v) is 22.0. The van der Waals surface area contributed by atoms with Gasteiger partial charge in [-0.1, -0.05) is 23.6 Å². The van der Waals surface area contributed by atoms with Gasteiger partial charge in [0.25, 0.3) is 0 Å². The summed E-state index contributed by atoms with van der Waals surface area (Å²) in [5.41, 5.74) is -1.08. The van der Waals surface area contributed by atoms with Crippen LogP contribution in [0.2, 0.25) is 0 Å². The van der Waals surface area contributed by atoms with Crippen molar-refractivity contribution in [3.63, 3.8) is 0 Å². The normalized spacial score (nSPS) is 12.2. The molecule has 0 atom stereocenters. The van der Waals surface area contributed by atoms with Gasteiger partial charge in [-0.15, -0.1) is 11.5 Å². The van der Waals surface area contributed by atoms with Crippen LogP contribution in [0.25, 0.3) is 10.8 Å². The van der Waals surface area contributed by atoms with Crippen molar-refractivity contribution in [2.24, 2.45) is 0 Å². The fraction of sp³-hybridized carbons (Fsp3) is 0.143. The van der Waals surface area contributed by atoms with Crippen LogP contribution in [0.15, 0.2) is 12.1 Å². The average Bonchev–Trinajstić information content (AvgIpc) is 2.41. The van der Waals surface area contributed by atoms with Gasteiger partial charge < -0.3 is 20.4 Å². The fourth-order valence-electron chi connectivity index (χ4n) is 2.50. The minimum Gasteiger partial charge on any atom is -0.872 e. The van der Waals surface area contributed by atoms with E-state index in [1.54, 1.807) is 0 Å². The van der Waals surface area contributed by atoms with E-state index in [4.69, 9.17) is 0 Å². The van der Waals surface area contributed by atoms with Crippen LogP contribution in [0.5, 0.6) is 23.0 Å². The Hall–Kier alpha value is 1.24. The van der Waals surface area contributed by atoms with Gasteiger partial charge in [0.2, 0.25) is 0 Å². The summed E-state index contributed by atoms with van der Waals surface area (Å²) in [4.78, 5) is 23.5. The molecule has 102 valence electrons. The number of hydrogen-bond donors (Lipinski definition) is 0. The number of Topliss-reactive ketones (excluding diaryl/α,β-unsaturated/α-hetero) is 2. The first-order chi connectivity index (χ1) is 9.43. The quantitative estimate of drug-likeness (QED) is 0.429. The molecular weight excluding hydrogens is 356 g/mol. The van der Waals surface area contributed by atoms with Gasteiger partial charge in [-0.2, -0.15) is 0 Å². The Morgan fingerprint density at radius 2 is 0.917 bits per heavy atom.